The summed E-state index contributed by atoms with van der Waals surface area (Å²) in [6, 6.07) is 3.78. The third-order valence-corrected chi connectivity index (χ3v) is 3.87. The van der Waals surface area contributed by atoms with Gasteiger partial charge in [-0.05, 0) is 19.8 Å². The molecule has 1 saturated heterocycles. The van der Waals surface area contributed by atoms with Gasteiger partial charge < -0.3 is 25.2 Å². The number of anilines is 2. The van der Waals surface area contributed by atoms with E-state index in [2.05, 4.69) is 4.90 Å². The van der Waals surface area contributed by atoms with Crippen molar-refractivity contribution in [3.63, 3.8) is 0 Å². The Kier molecular flexibility index (Phi) is 2.93. The van der Waals surface area contributed by atoms with Gasteiger partial charge in [-0.15, -0.1) is 0 Å². The van der Waals surface area contributed by atoms with Crippen molar-refractivity contribution in [2.75, 3.05) is 36.9 Å². The second-order valence-corrected chi connectivity index (χ2v) is 5.54. The molecule has 0 spiro atoms. The van der Waals surface area contributed by atoms with Gasteiger partial charge in [0.2, 0.25) is 0 Å². The summed E-state index contributed by atoms with van der Waals surface area (Å²) in [4.78, 5) is 2.20. The number of ether oxygens (including phenoxy) is 2. The van der Waals surface area contributed by atoms with Crippen molar-refractivity contribution < 1.29 is 14.6 Å². The van der Waals surface area contributed by atoms with Gasteiger partial charge in [0.25, 0.3) is 0 Å². The fraction of sp³-hybridized carbons (Fsp3) is 0.571. The predicted octanol–water partition coefficient (Wildman–Crippen LogP) is 1.39. The van der Waals surface area contributed by atoms with Gasteiger partial charge in [0.15, 0.2) is 11.5 Å². The second kappa shape index (κ2) is 4.49. The van der Waals surface area contributed by atoms with Gasteiger partial charge in [-0.25, -0.2) is 0 Å². The first-order valence-corrected chi connectivity index (χ1v) is 6.72. The van der Waals surface area contributed by atoms with E-state index in [0.29, 0.717) is 18.9 Å². The van der Waals surface area contributed by atoms with Crippen LogP contribution in [0, 0.1) is 0 Å². The number of nitrogen functional groups attached to an aromatic ring is 1. The van der Waals surface area contributed by atoms with Crippen LogP contribution < -0.4 is 20.1 Å². The zero-order valence-corrected chi connectivity index (χ0v) is 11.2. The molecule has 19 heavy (non-hydrogen) atoms. The average molecular weight is 264 g/mol. The number of benzene rings is 1. The van der Waals surface area contributed by atoms with E-state index in [-0.39, 0.29) is 0 Å². The van der Waals surface area contributed by atoms with Crippen LogP contribution >= 0.6 is 0 Å². The lowest BCUT2D eigenvalue weighted by atomic mass is 9.93. The topological polar surface area (TPSA) is 68.0 Å². The van der Waals surface area contributed by atoms with E-state index in [1.807, 2.05) is 19.1 Å². The lowest BCUT2D eigenvalue weighted by Crippen LogP contribution is -2.42. The van der Waals surface area contributed by atoms with E-state index in [9.17, 15) is 5.11 Å². The van der Waals surface area contributed by atoms with Gasteiger partial charge >= 0.3 is 0 Å². The van der Waals surface area contributed by atoms with E-state index < -0.39 is 5.60 Å². The van der Waals surface area contributed by atoms with Crippen molar-refractivity contribution in [3.05, 3.63) is 12.1 Å². The fourth-order valence-electron chi connectivity index (χ4n) is 2.60. The number of nitrogens with zero attached hydrogens (tertiary/aromatic N) is 1. The number of hydrogen-bond acceptors (Lipinski definition) is 5. The molecule has 0 atom stereocenters. The fourth-order valence-corrected chi connectivity index (χ4v) is 2.60. The number of nitrogens with two attached hydrogens (primary N) is 1. The number of piperidine rings is 1. The maximum atomic E-state index is 10.00. The molecule has 1 aromatic rings. The maximum Gasteiger partial charge on any atom is 0.163 e. The van der Waals surface area contributed by atoms with Crippen molar-refractivity contribution in [2.24, 2.45) is 0 Å². The summed E-state index contributed by atoms with van der Waals surface area (Å²) in [5.74, 6) is 1.48. The smallest absolute Gasteiger partial charge is 0.163 e. The molecule has 0 aliphatic carbocycles. The molecule has 3 N–H and O–H groups in total. The number of hydrogen-bond donors (Lipinski definition) is 2. The number of aliphatic hydroxyl groups is 1. The highest BCUT2D eigenvalue weighted by molar-refractivity contribution is 5.73. The molecule has 2 heterocycles. The molecule has 0 radical (unpaired) electrons. The first-order valence-electron chi connectivity index (χ1n) is 6.72. The Balaban J connectivity index is 1.85. The standard InChI is InChI=1S/C14H20N2O3/c1-14(17)2-4-16(5-3-14)11-9-13-12(8-10(11)15)18-6-7-19-13/h8-9,17H,2-7,15H2,1H3. The monoisotopic (exact) mass is 264 g/mol. The summed E-state index contributed by atoms with van der Waals surface area (Å²) < 4.78 is 11.1. The van der Waals surface area contributed by atoms with Crippen molar-refractivity contribution in [1.29, 1.82) is 0 Å². The summed E-state index contributed by atoms with van der Waals surface area (Å²) in [6.07, 6.45) is 1.50. The van der Waals surface area contributed by atoms with E-state index in [1.54, 1.807) is 0 Å². The molecule has 1 aromatic carbocycles. The predicted molar refractivity (Wildman–Crippen MR) is 73.9 cm³/mol. The molecule has 0 saturated carbocycles. The molecule has 5 nitrogen and oxygen atoms in total. The third kappa shape index (κ3) is 2.42. The van der Waals surface area contributed by atoms with Gasteiger partial charge in [-0.2, -0.15) is 0 Å². The first kappa shape index (κ1) is 12.4. The minimum Gasteiger partial charge on any atom is -0.486 e. The molecule has 5 heteroatoms. The summed E-state index contributed by atoms with van der Waals surface area (Å²) in [5.41, 5.74) is 7.22. The van der Waals surface area contributed by atoms with E-state index in [1.165, 1.54) is 0 Å². The Labute approximate surface area is 112 Å². The molecule has 1 fully saturated rings. The highest BCUT2D eigenvalue weighted by Gasteiger charge is 2.29. The molecule has 0 unspecified atom stereocenters. The largest absolute Gasteiger partial charge is 0.486 e. The lowest BCUT2D eigenvalue weighted by molar-refractivity contribution is 0.0351. The quantitative estimate of drug-likeness (QED) is 0.750. The molecule has 104 valence electrons. The van der Waals surface area contributed by atoms with Crippen molar-refractivity contribution in [1.82, 2.24) is 0 Å². The highest BCUT2D eigenvalue weighted by Crippen LogP contribution is 2.39. The molecule has 0 bridgehead atoms. The highest BCUT2D eigenvalue weighted by atomic mass is 16.6. The van der Waals surface area contributed by atoms with Gasteiger partial charge in [0.05, 0.1) is 17.0 Å². The number of rotatable bonds is 1. The zero-order valence-electron chi connectivity index (χ0n) is 11.2. The Hall–Kier alpha value is -1.62. The van der Waals surface area contributed by atoms with E-state index in [0.717, 1.165) is 43.1 Å². The molecule has 2 aliphatic rings. The third-order valence-electron chi connectivity index (χ3n) is 3.87. The zero-order chi connectivity index (χ0) is 13.5. The molecular weight excluding hydrogens is 244 g/mol. The number of fused-ring (bicyclic) bond motifs is 1. The van der Waals surface area contributed by atoms with Gasteiger partial charge in [-0.1, -0.05) is 0 Å². The van der Waals surface area contributed by atoms with Crippen LogP contribution in [0.2, 0.25) is 0 Å². The summed E-state index contributed by atoms with van der Waals surface area (Å²) >= 11 is 0. The molecular formula is C14H20N2O3. The van der Waals surface area contributed by atoms with Crippen molar-refractivity contribution in [3.8, 4) is 11.5 Å². The first-order chi connectivity index (χ1) is 9.05. The average Bonchev–Trinajstić information content (AvgIpc) is 2.38. The molecule has 3 rings (SSSR count). The van der Waals surface area contributed by atoms with Gasteiger partial charge in [0.1, 0.15) is 13.2 Å². The van der Waals surface area contributed by atoms with E-state index in [4.69, 9.17) is 15.2 Å². The van der Waals surface area contributed by atoms with Crippen molar-refractivity contribution >= 4 is 11.4 Å². The van der Waals surface area contributed by atoms with Crippen LogP contribution in [-0.2, 0) is 0 Å². The summed E-state index contributed by atoms with van der Waals surface area (Å²) in [6.45, 7) is 4.63. The normalized spacial score (nSPS) is 21.3. The van der Waals surface area contributed by atoms with Crippen LogP contribution in [0.1, 0.15) is 19.8 Å². The van der Waals surface area contributed by atoms with Crippen LogP contribution in [0.3, 0.4) is 0 Å². The Morgan fingerprint density at radius 3 is 2.37 bits per heavy atom. The minimum atomic E-state index is -0.556. The Morgan fingerprint density at radius 1 is 1.16 bits per heavy atom. The van der Waals surface area contributed by atoms with Crippen LogP contribution in [0.15, 0.2) is 12.1 Å². The van der Waals surface area contributed by atoms with Crippen LogP contribution in [0.25, 0.3) is 0 Å². The SMILES string of the molecule is CC1(O)CCN(c2cc3c(cc2N)OCCO3)CC1. The molecule has 2 aliphatic heterocycles. The van der Waals surface area contributed by atoms with Crippen LogP contribution in [-0.4, -0.2) is 37.0 Å². The van der Waals surface area contributed by atoms with Crippen molar-refractivity contribution in [2.45, 2.75) is 25.4 Å². The Morgan fingerprint density at radius 2 is 1.74 bits per heavy atom. The lowest BCUT2D eigenvalue weighted by Gasteiger charge is -2.38. The van der Waals surface area contributed by atoms with Crippen LogP contribution in [0.5, 0.6) is 11.5 Å². The van der Waals surface area contributed by atoms with Crippen LogP contribution in [0.4, 0.5) is 11.4 Å². The minimum absolute atomic E-state index is 0.556. The van der Waals surface area contributed by atoms with E-state index >= 15 is 0 Å². The van der Waals surface area contributed by atoms with Gasteiger partial charge in [-0.3, -0.25) is 0 Å². The Bertz CT molecular complexity index is 478. The summed E-state index contributed by atoms with van der Waals surface area (Å²) in [7, 11) is 0. The maximum absolute atomic E-state index is 10.00. The molecule has 0 amide bonds. The second-order valence-electron chi connectivity index (χ2n) is 5.54. The molecule has 0 aromatic heterocycles. The van der Waals surface area contributed by atoms with Gasteiger partial charge in [0, 0.05) is 25.2 Å². The summed E-state index contributed by atoms with van der Waals surface area (Å²) in [5, 5.41) is 10.00.